The Kier molecular flexibility index (Phi) is 4.19. The first-order valence-corrected chi connectivity index (χ1v) is 8.52. The van der Waals surface area contributed by atoms with Gasteiger partial charge < -0.3 is 10.9 Å². The number of hydrogen-bond acceptors (Lipinski definition) is 7. The van der Waals surface area contributed by atoms with Gasteiger partial charge in [-0.15, -0.1) is 10.2 Å². The van der Waals surface area contributed by atoms with Crippen molar-refractivity contribution >= 4 is 27.6 Å². The lowest BCUT2D eigenvalue weighted by Crippen LogP contribution is -2.12. The third kappa shape index (κ3) is 3.52. The Balaban J connectivity index is 2.37. The van der Waals surface area contributed by atoms with E-state index in [1.807, 2.05) is 0 Å². The molecular weight excluding hydrogens is 316 g/mol. The van der Waals surface area contributed by atoms with Crippen molar-refractivity contribution in [3.63, 3.8) is 0 Å². The number of nitrogens with two attached hydrogens (primary N) is 1. The summed E-state index contributed by atoms with van der Waals surface area (Å²) in [5, 5.41) is 16.5. The summed E-state index contributed by atoms with van der Waals surface area (Å²) in [5.74, 6) is 4.87. The molecule has 0 fully saturated rings. The number of carboxylic acids is 1. The summed E-state index contributed by atoms with van der Waals surface area (Å²) in [6.07, 6.45) is 1.10. The van der Waals surface area contributed by atoms with Gasteiger partial charge in [0, 0.05) is 11.8 Å². The van der Waals surface area contributed by atoms with Gasteiger partial charge >= 0.3 is 5.97 Å². The van der Waals surface area contributed by atoms with E-state index in [9.17, 15) is 13.2 Å². The van der Waals surface area contributed by atoms with Crippen LogP contribution in [-0.2, 0) is 14.6 Å². The molecule has 0 bridgehead atoms. The van der Waals surface area contributed by atoms with Gasteiger partial charge in [-0.05, 0) is 12.1 Å². The molecule has 0 atom stereocenters. The standard InChI is InChI=1S/C11H12N4O4S2/c1-21(18,19)8-4-2-3-7(5-8)10-13-14-11(15(10)12)20-6-9(16)17/h2-5H,6,12H2,1H3,(H,16,17). The van der Waals surface area contributed by atoms with Crippen LogP contribution in [0.1, 0.15) is 0 Å². The number of rotatable bonds is 5. The summed E-state index contributed by atoms with van der Waals surface area (Å²) in [6, 6.07) is 6.13. The quantitative estimate of drug-likeness (QED) is 0.590. The summed E-state index contributed by atoms with van der Waals surface area (Å²) < 4.78 is 24.2. The van der Waals surface area contributed by atoms with Crippen molar-refractivity contribution in [3.05, 3.63) is 24.3 Å². The third-order valence-corrected chi connectivity index (χ3v) is 4.55. The highest BCUT2D eigenvalue weighted by Gasteiger charge is 2.15. The molecule has 1 aromatic carbocycles. The molecule has 0 unspecified atom stereocenters. The Bertz CT molecular complexity index is 785. The van der Waals surface area contributed by atoms with Crippen LogP contribution < -0.4 is 5.84 Å². The lowest BCUT2D eigenvalue weighted by Gasteiger charge is -2.04. The first-order chi connectivity index (χ1) is 9.79. The van der Waals surface area contributed by atoms with E-state index in [2.05, 4.69) is 10.2 Å². The van der Waals surface area contributed by atoms with E-state index >= 15 is 0 Å². The number of aliphatic carboxylic acids is 1. The fraction of sp³-hybridized carbons (Fsp3) is 0.182. The zero-order chi connectivity index (χ0) is 15.6. The maximum Gasteiger partial charge on any atom is 0.313 e. The zero-order valence-corrected chi connectivity index (χ0v) is 12.6. The van der Waals surface area contributed by atoms with Crippen LogP contribution >= 0.6 is 11.8 Å². The van der Waals surface area contributed by atoms with Crippen LogP contribution in [-0.4, -0.2) is 46.4 Å². The molecule has 1 aromatic heterocycles. The Morgan fingerprint density at radius 2 is 2.14 bits per heavy atom. The second-order valence-corrected chi connectivity index (χ2v) is 7.12. The van der Waals surface area contributed by atoms with Gasteiger partial charge in [-0.25, -0.2) is 13.1 Å². The Morgan fingerprint density at radius 1 is 1.43 bits per heavy atom. The predicted molar refractivity (Wildman–Crippen MR) is 77.1 cm³/mol. The number of carbonyl (C=O) groups is 1. The Hall–Kier alpha value is -2.07. The van der Waals surface area contributed by atoms with Crippen molar-refractivity contribution in [2.75, 3.05) is 17.9 Å². The monoisotopic (exact) mass is 328 g/mol. The highest BCUT2D eigenvalue weighted by atomic mass is 32.2. The van der Waals surface area contributed by atoms with E-state index in [0.717, 1.165) is 22.7 Å². The van der Waals surface area contributed by atoms with Crippen LogP contribution in [0.4, 0.5) is 0 Å². The van der Waals surface area contributed by atoms with Gasteiger partial charge in [-0.3, -0.25) is 4.79 Å². The van der Waals surface area contributed by atoms with Gasteiger partial charge in [0.2, 0.25) is 5.16 Å². The third-order valence-electron chi connectivity index (χ3n) is 2.51. The number of nitrogens with zero attached hydrogens (tertiary/aromatic N) is 3. The summed E-state index contributed by atoms with van der Waals surface area (Å²) in [4.78, 5) is 10.7. The van der Waals surface area contributed by atoms with Crippen molar-refractivity contribution in [1.29, 1.82) is 0 Å². The molecule has 0 saturated carbocycles. The minimum atomic E-state index is -3.34. The minimum Gasteiger partial charge on any atom is -0.481 e. The molecule has 2 aromatic rings. The molecule has 8 nitrogen and oxygen atoms in total. The topological polar surface area (TPSA) is 128 Å². The largest absolute Gasteiger partial charge is 0.481 e. The maximum atomic E-state index is 11.5. The van der Waals surface area contributed by atoms with Crippen LogP contribution in [0.25, 0.3) is 11.4 Å². The number of aromatic nitrogens is 3. The van der Waals surface area contributed by atoms with E-state index in [1.54, 1.807) is 12.1 Å². The van der Waals surface area contributed by atoms with Crippen molar-refractivity contribution < 1.29 is 18.3 Å². The number of hydrogen-bond donors (Lipinski definition) is 2. The van der Waals surface area contributed by atoms with Crippen molar-refractivity contribution in [1.82, 2.24) is 14.9 Å². The van der Waals surface area contributed by atoms with Crippen molar-refractivity contribution in [2.24, 2.45) is 0 Å². The van der Waals surface area contributed by atoms with Crippen LogP contribution in [0, 0.1) is 0 Å². The van der Waals surface area contributed by atoms with Crippen molar-refractivity contribution in [2.45, 2.75) is 10.1 Å². The van der Waals surface area contributed by atoms with Gasteiger partial charge in [0.15, 0.2) is 15.7 Å². The van der Waals surface area contributed by atoms with E-state index in [4.69, 9.17) is 10.9 Å². The first kappa shape index (κ1) is 15.3. The fourth-order valence-corrected chi connectivity index (χ4v) is 2.81. The smallest absolute Gasteiger partial charge is 0.313 e. The van der Waals surface area contributed by atoms with Crippen LogP contribution in [0.5, 0.6) is 0 Å². The molecule has 0 radical (unpaired) electrons. The molecule has 0 aliphatic heterocycles. The number of nitrogen functional groups attached to an aromatic ring is 1. The second-order valence-electron chi connectivity index (χ2n) is 4.16. The van der Waals surface area contributed by atoms with Gasteiger partial charge in [0.25, 0.3) is 0 Å². The highest BCUT2D eigenvalue weighted by molar-refractivity contribution is 7.99. The van der Waals surface area contributed by atoms with E-state index in [0.29, 0.717) is 5.56 Å². The SMILES string of the molecule is CS(=O)(=O)c1cccc(-c2nnc(SCC(=O)O)n2N)c1. The van der Waals surface area contributed by atoms with Gasteiger partial charge in [0.05, 0.1) is 10.6 Å². The van der Waals surface area contributed by atoms with E-state index in [-0.39, 0.29) is 21.6 Å². The lowest BCUT2D eigenvalue weighted by atomic mass is 10.2. The predicted octanol–water partition coefficient (Wildman–Crippen LogP) is 0.239. The highest BCUT2D eigenvalue weighted by Crippen LogP contribution is 2.23. The number of sulfone groups is 1. The fourth-order valence-electron chi connectivity index (χ4n) is 1.56. The summed E-state index contributed by atoms with van der Waals surface area (Å²) in [7, 11) is -3.34. The molecular formula is C11H12N4O4S2. The Labute approximate surface area is 124 Å². The molecule has 0 amide bonds. The van der Waals surface area contributed by atoms with E-state index < -0.39 is 15.8 Å². The molecule has 0 aliphatic rings. The molecule has 1 heterocycles. The van der Waals surface area contributed by atoms with Crippen LogP contribution in [0.15, 0.2) is 34.3 Å². The molecule has 0 aliphatic carbocycles. The summed E-state index contributed by atoms with van der Waals surface area (Å²) in [6.45, 7) is 0. The van der Waals surface area contributed by atoms with E-state index in [1.165, 1.54) is 12.1 Å². The molecule has 112 valence electrons. The average molecular weight is 328 g/mol. The summed E-state index contributed by atoms with van der Waals surface area (Å²) >= 11 is 0.927. The molecule has 0 saturated heterocycles. The minimum absolute atomic E-state index is 0.141. The van der Waals surface area contributed by atoms with Crippen molar-refractivity contribution in [3.8, 4) is 11.4 Å². The van der Waals surface area contributed by atoms with Crippen LogP contribution in [0.3, 0.4) is 0 Å². The Morgan fingerprint density at radius 3 is 2.76 bits per heavy atom. The number of carboxylic acid groups (broad SMARTS) is 1. The molecule has 2 rings (SSSR count). The lowest BCUT2D eigenvalue weighted by molar-refractivity contribution is -0.133. The molecule has 0 spiro atoms. The average Bonchev–Trinajstić information content (AvgIpc) is 2.77. The van der Waals surface area contributed by atoms with Gasteiger partial charge in [-0.2, -0.15) is 0 Å². The second kappa shape index (κ2) is 5.74. The first-order valence-electron chi connectivity index (χ1n) is 5.64. The molecule has 3 N–H and O–H groups in total. The number of benzene rings is 1. The normalized spacial score (nSPS) is 11.5. The zero-order valence-electron chi connectivity index (χ0n) is 10.9. The number of thioether (sulfide) groups is 1. The summed E-state index contributed by atoms with van der Waals surface area (Å²) in [5.41, 5.74) is 0.482. The molecule has 21 heavy (non-hydrogen) atoms. The van der Waals surface area contributed by atoms with Gasteiger partial charge in [0.1, 0.15) is 0 Å². The maximum absolute atomic E-state index is 11.5. The van der Waals surface area contributed by atoms with Crippen LogP contribution in [0.2, 0.25) is 0 Å². The van der Waals surface area contributed by atoms with Gasteiger partial charge in [-0.1, -0.05) is 23.9 Å². The molecule has 10 heteroatoms.